The molecule has 0 amide bonds. The molecular weight excluding hydrogens is 351 g/mol. The van der Waals surface area contributed by atoms with Gasteiger partial charge in [0.1, 0.15) is 10.7 Å². The van der Waals surface area contributed by atoms with Crippen LogP contribution in [-0.4, -0.2) is 32.4 Å². The molecule has 1 heterocycles. The van der Waals surface area contributed by atoms with Gasteiger partial charge in [-0.3, -0.25) is 0 Å². The van der Waals surface area contributed by atoms with E-state index in [0.29, 0.717) is 19.6 Å². The summed E-state index contributed by atoms with van der Waals surface area (Å²) in [5.41, 5.74) is 6.90. The van der Waals surface area contributed by atoms with Gasteiger partial charge in [-0.1, -0.05) is 41.9 Å². The van der Waals surface area contributed by atoms with Gasteiger partial charge in [0.25, 0.3) is 0 Å². The van der Waals surface area contributed by atoms with Crippen LogP contribution < -0.4 is 5.73 Å². The quantitative estimate of drug-likeness (QED) is 0.902. The van der Waals surface area contributed by atoms with Crippen molar-refractivity contribution >= 4 is 21.6 Å². The molecule has 0 aromatic heterocycles. The van der Waals surface area contributed by atoms with Gasteiger partial charge in [0.05, 0.1) is 5.02 Å². The van der Waals surface area contributed by atoms with Crippen molar-refractivity contribution in [1.29, 1.82) is 0 Å². The van der Waals surface area contributed by atoms with Crippen LogP contribution in [0.25, 0.3) is 0 Å². The molecular formula is C17H18ClFN2O2S. The maximum absolute atomic E-state index is 13.5. The van der Waals surface area contributed by atoms with Crippen LogP contribution in [0, 0.1) is 11.7 Å². The minimum absolute atomic E-state index is 0.00881. The highest BCUT2D eigenvalue weighted by Gasteiger charge is 2.40. The number of nitrogens with zero attached hydrogens (tertiary/aromatic N) is 1. The molecule has 1 fully saturated rings. The van der Waals surface area contributed by atoms with Crippen molar-refractivity contribution < 1.29 is 12.8 Å². The predicted octanol–water partition coefficient (Wildman–Crippen LogP) is 2.84. The lowest BCUT2D eigenvalue weighted by Gasteiger charge is -2.17. The zero-order chi connectivity index (χ0) is 17.3. The van der Waals surface area contributed by atoms with Gasteiger partial charge in [0, 0.05) is 19.0 Å². The van der Waals surface area contributed by atoms with Gasteiger partial charge in [0.2, 0.25) is 10.0 Å². The topological polar surface area (TPSA) is 63.4 Å². The number of nitrogens with two attached hydrogens (primary N) is 1. The Morgan fingerprint density at radius 2 is 1.88 bits per heavy atom. The van der Waals surface area contributed by atoms with E-state index in [4.69, 9.17) is 17.3 Å². The average Bonchev–Trinajstić information content (AvgIpc) is 3.03. The Labute approximate surface area is 146 Å². The molecule has 0 saturated carbocycles. The molecule has 0 radical (unpaired) electrons. The second-order valence-electron chi connectivity index (χ2n) is 5.91. The number of hydrogen-bond donors (Lipinski definition) is 1. The van der Waals surface area contributed by atoms with Gasteiger partial charge >= 0.3 is 0 Å². The molecule has 3 rings (SSSR count). The Bertz CT molecular complexity index is 830. The largest absolute Gasteiger partial charge is 0.330 e. The molecule has 0 unspecified atom stereocenters. The van der Waals surface area contributed by atoms with E-state index in [2.05, 4.69) is 0 Å². The predicted molar refractivity (Wildman–Crippen MR) is 91.9 cm³/mol. The molecule has 24 heavy (non-hydrogen) atoms. The molecule has 2 aromatic rings. The smallest absolute Gasteiger partial charge is 0.244 e. The normalized spacial score (nSPS) is 22.0. The third-order valence-electron chi connectivity index (χ3n) is 4.45. The first-order chi connectivity index (χ1) is 11.4. The Morgan fingerprint density at radius 1 is 1.17 bits per heavy atom. The maximum Gasteiger partial charge on any atom is 0.244 e. The van der Waals surface area contributed by atoms with Crippen molar-refractivity contribution in [2.24, 2.45) is 11.7 Å². The summed E-state index contributed by atoms with van der Waals surface area (Å²) in [6, 6.07) is 13.1. The SMILES string of the molecule is NC[C@@H]1CN(S(=O)(=O)c2cc(F)ccc2Cl)C[C@H]1c1ccccc1. The van der Waals surface area contributed by atoms with Crippen molar-refractivity contribution in [3.8, 4) is 0 Å². The Kier molecular flexibility index (Phi) is 4.92. The average molecular weight is 369 g/mol. The van der Waals surface area contributed by atoms with Gasteiger partial charge in [0.15, 0.2) is 0 Å². The van der Waals surface area contributed by atoms with Gasteiger partial charge in [-0.05, 0) is 36.2 Å². The number of rotatable bonds is 4. The third-order valence-corrected chi connectivity index (χ3v) is 6.76. The third kappa shape index (κ3) is 3.19. The lowest BCUT2D eigenvalue weighted by atomic mass is 9.89. The molecule has 1 saturated heterocycles. The zero-order valence-electron chi connectivity index (χ0n) is 12.9. The summed E-state index contributed by atoms with van der Waals surface area (Å²) in [4.78, 5) is -0.200. The molecule has 0 spiro atoms. The number of halogens is 2. The molecule has 7 heteroatoms. The van der Waals surface area contributed by atoms with Crippen molar-refractivity contribution in [3.05, 3.63) is 64.9 Å². The first-order valence-electron chi connectivity index (χ1n) is 7.63. The maximum atomic E-state index is 13.5. The summed E-state index contributed by atoms with van der Waals surface area (Å²) in [5.74, 6) is -0.611. The van der Waals surface area contributed by atoms with E-state index in [9.17, 15) is 12.8 Å². The van der Waals surface area contributed by atoms with Crippen LogP contribution in [0.4, 0.5) is 4.39 Å². The van der Waals surface area contributed by atoms with Crippen LogP contribution in [0.5, 0.6) is 0 Å². The standard InChI is InChI=1S/C17H18ClFN2O2S/c18-16-7-6-14(19)8-17(16)24(22,23)21-10-13(9-20)15(11-21)12-4-2-1-3-5-12/h1-8,13,15H,9-11,20H2/t13-,15+/m1/s1. The van der Waals surface area contributed by atoms with Crippen LogP contribution in [0.1, 0.15) is 11.5 Å². The first-order valence-corrected chi connectivity index (χ1v) is 9.45. The molecule has 1 aliphatic heterocycles. The zero-order valence-corrected chi connectivity index (χ0v) is 14.5. The highest BCUT2D eigenvalue weighted by Crippen LogP contribution is 2.36. The lowest BCUT2D eigenvalue weighted by Crippen LogP contribution is -2.30. The van der Waals surface area contributed by atoms with Gasteiger partial charge in [-0.25, -0.2) is 12.8 Å². The van der Waals surface area contributed by atoms with Crippen LogP contribution in [0.15, 0.2) is 53.4 Å². The van der Waals surface area contributed by atoms with E-state index in [1.165, 1.54) is 10.4 Å². The number of hydrogen-bond acceptors (Lipinski definition) is 3. The highest BCUT2D eigenvalue weighted by molar-refractivity contribution is 7.89. The summed E-state index contributed by atoms with van der Waals surface area (Å²) in [6.45, 7) is 0.981. The minimum atomic E-state index is -3.87. The van der Waals surface area contributed by atoms with Crippen molar-refractivity contribution in [3.63, 3.8) is 0 Å². The van der Waals surface area contributed by atoms with E-state index < -0.39 is 15.8 Å². The Morgan fingerprint density at radius 3 is 2.54 bits per heavy atom. The van der Waals surface area contributed by atoms with E-state index in [1.54, 1.807) is 0 Å². The van der Waals surface area contributed by atoms with Crippen LogP contribution in [-0.2, 0) is 10.0 Å². The highest BCUT2D eigenvalue weighted by atomic mass is 35.5. The van der Waals surface area contributed by atoms with Gasteiger partial charge in [-0.2, -0.15) is 4.31 Å². The first kappa shape index (κ1) is 17.4. The fourth-order valence-corrected chi connectivity index (χ4v) is 5.17. The monoisotopic (exact) mass is 368 g/mol. The van der Waals surface area contributed by atoms with Crippen molar-refractivity contribution in [2.75, 3.05) is 19.6 Å². The number of sulfonamides is 1. The molecule has 2 N–H and O–H groups in total. The second-order valence-corrected chi connectivity index (χ2v) is 8.22. The summed E-state index contributed by atoms with van der Waals surface area (Å²) in [7, 11) is -3.87. The van der Waals surface area contributed by atoms with E-state index in [1.807, 2.05) is 30.3 Å². The van der Waals surface area contributed by atoms with Crippen molar-refractivity contribution in [2.45, 2.75) is 10.8 Å². The molecule has 2 aromatic carbocycles. The second kappa shape index (κ2) is 6.80. The van der Waals surface area contributed by atoms with E-state index >= 15 is 0 Å². The molecule has 1 aliphatic rings. The molecule has 2 atom stereocenters. The van der Waals surface area contributed by atoms with E-state index in [0.717, 1.165) is 17.7 Å². The minimum Gasteiger partial charge on any atom is -0.330 e. The summed E-state index contributed by atoms with van der Waals surface area (Å²) in [6.07, 6.45) is 0. The molecule has 4 nitrogen and oxygen atoms in total. The summed E-state index contributed by atoms with van der Waals surface area (Å²) in [5, 5.41) is 0.0175. The molecule has 0 bridgehead atoms. The molecule has 0 aliphatic carbocycles. The number of benzene rings is 2. The fourth-order valence-electron chi connectivity index (χ4n) is 3.16. The van der Waals surface area contributed by atoms with Crippen LogP contribution in [0.2, 0.25) is 5.02 Å². The van der Waals surface area contributed by atoms with Gasteiger partial charge < -0.3 is 5.73 Å². The molecule has 128 valence electrons. The lowest BCUT2D eigenvalue weighted by molar-refractivity contribution is 0.458. The summed E-state index contributed by atoms with van der Waals surface area (Å²) < 4.78 is 40.6. The Hall–Kier alpha value is -1.47. The fraction of sp³-hybridized carbons (Fsp3) is 0.294. The van der Waals surface area contributed by atoms with Crippen LogP contribution in [0.3, 0.4) is 0 Å². The van der Waals surface area contributed by atoms with Crippen molar-refractivity contribution in [1.82, 2.24) is 4.31 Å². The summed E-state index contributed by atoms with van der Waals surface area (Å²) >= 11 is 5.99. The van der Waals surface area contributed by atoms with Crippen LogP contribution >= 0.6 is 11.6 Å². The Balaban J connectivity index is 1.94. The van der Waals surface area contributed by atoms with Gasteiger partial charge in [-0.15, -0.1) is 0 Å². The van der Waals surface area contributed by atoms with E-state index in [-0.39, 0.29) is 21.8 Å².